The summed E-state index contributed by atoms with van der Waals surface area (Å²) in [6.45, 7) is 1.43. The van der Waals surface area contributed by atoms with Gasteiger partial charge in [0.15, 0.2) is 5.69 Å². The van der Waals surface area contributed by atoms with E-state index in [2.05, 4.69) is 15.5 Å². The van der Waals surface area contributed by atoms with Crippen LogP contribution in [-0.4, -0.2) is 73.0 Å². The summed E-state index contributed by atoms with van der Waals surface area (Å²) in [6, 6.07) is 0. The molecule has 8 heteroatoms. The minimum Gasteiger partial charge on any atom is -0.382 e. The molecule has 0 aromatic carbocycles. The largest absolute Gasteiger partial charge is 0.382 e. The minimum atomic E-state index is -0.817. The fraction of sp³-hybridized carbons (Fsp3) is 0.688. The molecule has 1 fully saturated rings. The molecule has 1 aliphatic carbocycles. The molecular weight excluding hydrogens is 312 g/mol. The third-order valence-electron chi connectivity index (χ3n) is 4.71. The van der Waals surface area contributed by atoms with E-state index in [1.807, 2.05) is 0 Å². The number of aromatic amines is 1. The van der Waals surface area contributed by atoms with E-state index in [0.29, 0.717) is 25.4 Å². The molecule has 1 atom stereocenters. The predicted molar refractivity (Wildman–Crippen MR) is 85.8 cm³/mol. The Morgan fingerprint density at radius 3 is 3.04 bits per heavy atom. The van der Waals surface area contributed by atoms with Crippen LogP contribution in [0.5, 0.6) is 0 Å². The highest BCUT2D eigenvalue weighted by molar-refractivity contribution is 5.94. The predicted octanol–water partition coefficient (Wildman–Crippen LogP) is -0.108. The lowest BCUT2D eigenvalue weighted by atomic mass is 9.97. The van der Waals surface area contributed by atoms with Crippen molar-refractivity contribution in [2.45, 2.75) is 31.3 Å². The molecular formula is C16H24N4O4. The van der Waals surface area contributed by atoms with Crippen molar-refractivity contribution in [2.24, 2.45) is 0 Å². The smallest absolute Gasteiger partial charge is 0.274 e. The Hall–Kier alpha value is -1.93. The van der Waals surface area contributed by atoms with Gasteiger partial charge in [0, 0.05) is 32.0 Å². The number of aryl methyl sites for hydroxylation is 1. The van der Waals surface area contributed by atoms with Crippen LogP contribution in [0.1, 0.15) is 34.6 Å². The third kappa shape index (κ3) is 3.16. The van der Waals surface area contributed by atoms with Crippen molar-refractivity contribution in [2.75, 3.05) is 40.5 Å². The number of amides is 2. The van der Waals surface area contributed by atoms with E-state index in [1.165, 1.54) is 0 Å². The molecule has 132 valence electrons. The maximum absolute atomic E-state index is 12.9. The van der Waals surface area contributed by atoms with Crippen molar-refractivity contribution in [1.29, 1.82) is 0 Å². The lowest BCUT2D eigenvalue weighted by molar-refractivity contribution is -0.150. The zero-order chi connectivity index (χ0) is 17.2. The van der Waals surface area contributed by atoms with Crippen molar-refractivity contribution < 1.29 is 19.1 Å². The number of carbonyl (C=O) groups is 2. The maximum Gasteiger partial charge on any atom is 0.274 e. The Balaban J connectivity index is 1.78. The van der Waals surface area contributed by atoms with Crippen molar-refractivity contribution >= 4 is 11.8 Å². The van der Waals surface area contributed by atoms with Crippen LogP contribution in [-0.2, 0) is 27.1 Å². The summed E-state index contributed by atoms with van der Waals surface area (Å²) in [5.41, 5.74) is 1.80. The summed E-state index contributed by atoms with van der Waals surface area (Å²) in [4.78, 5) is 26.5. The fourth-order valence-electron chi connectivity index (χ4n) is 3.55. The van der Waals surface area contributed by atoms with Crippen LogP contribution >= 0.6 is 0 Å². The lowest BCUT2D eigenvalue weighted by Gasteiger charge is -2.41. The van der Waals surface area contributed by atoms with E-state index in [9.17, 15) is 9.59 Å². The molecule has 2 aliphatic rings. The molecule has 0 bridgehead atoms. The van der Waals surface area contributed by atoms with E-state index < -0.39 is 5.60 Å². The van der Waals surface area contributed by atoms with Crippen molar-refractivity contribution in [3.05, 3.63) is 17.0 Å². The van der Waals surface area contributed by atoms with Gasteiger partial charge in [0.2, 0.25) is 5.91 Å². The van der Waals surface area contributed by atoms with Crippen LogP contribution in [0.25, 0.3) is 0 Å². The van der Waals surface area contributed by atoms with Crippen molar-refractivity contribution in [3.8, 4) is 0 Å². The molecule has 2 amide bonds. The Kier molecular flexibility index (Phi) is 4.86. The first-order chi connectivity index (χ1) is 11.6. The molecule has 1 aliphatic heterocycles. The van der Waals surface area contributed by atoms with Gasteiger partial charge in [-0.05, 0) is 19.3 Å². The van der Waals surface area contributed by atoms with E-state index in [4.69, 9.17) is 9.47 Å². The SMILES string of the molecule is CNC(=O)C[C@@]1(COC)CN(C(=O)c2n[nH]c3c2CCC3)CCO1. The molecule has 0 spiro atoms. The number of carbonyl (C=O) groups excluding carboxylic acids is 2. The van der Waals surface area contributed by atoms with E-state index in [-0.39, 0.29) is 24.8 Å². The molecule has 0 saturated carbocycles. The number of morpholine rings is 1. The molecule has 8 nitrogen and oxygen atoms in total. The molecule has 3 rings (SSSR count). The lowest BCUT2D eigenvalue weighted by Crippen LogP contribution is -2.57. The number of rotatable bonds is 5. The van der Waals surface area contributed by atoms with Crippen LogP contribution < -0.4 is 5.32 Å². The van der Waals surface area contributed by atoms with Gasteiger partial charge in [-0.3, -0.25) is 14.7 Å². The summed E-state index contributed by atoms with van der Waals surface area (Å²) in [5.74, 6) is -0.239. The number of nitrogens with one attached hydrogen (secondary N) is 2. The summed E-state index contributed by atoms with van der Waals surface area (Å²) >= 11 is 0. The van der Waals surface area contributed by atoms with E-state index >= 15 is 0 Å². The summed E-state index contributed by atoms with van der Waals surface area (Å²) < 4.78 is 11.1. The monoisotopic (exact) mass is 336 g/mol. The van der Waals surface area contributed by atoms with Crippen LogP contribution in [0.3, 0.4) is 0 Å². The number of fused-ring (bicyclic) bond motifs is 1. The molecule has 1 aromatic heterocycles. The van der Waals surface area contributed by atoms with Crippen LogP contribution in [0, 0.1) is 0 Å². The van der Waals surface area contributed by atoms with Gasteiger partial charge < -0.3 is 19.7 Å². The van der Waals surface area contributed by atoms with Gasteiger partial charge in [0.25, 0.3) is 5.91 Å². The van der Waals surface area contributed by atoms with Gasteiger partial charge in [-0.1, -0.05) is 0 Å². The second kappa shape index (κ2) is 6.90. The normalized spacial score (nSPS) is 23.2. The Morgan fingerprint density at radius 2 is 2.29 bits per heavy atom. The number of aromatic nitrogens is 2. The standard InChI is InChI=1S/C16H24N4O4/c1-17-13(21)8-16(10-23-2)9-20(6-7-24-16)15(22)14-11-4-3-5-12(11)18-19-14/h3-10H2,1-2H3,(H,17,21)(H,18,19)/t16-/m0/s1. The topological polar surface area (TPSA) is 96.5 Å². The number of H-pyrrole nitrogens is 1. The Morgan fingerprint density at radius 1 is 1.46 bits per heavy atom. The first-order valence-electron chi connectivity index (χ1n) is 8.27. The van der Waals surface area contributed by atoms with Gasteiger partial charge in [-0.25, -0.2) is 0 Å². The highest BCUT2D eigenvalue weighted by Gasteiger charge is 2.41. The fourth-order valence-corrected chi connectivity index (χ4v) is 3.55. The minimum absolute atomic E-state index is 0.102. The van der Waals surface area contributed by atoms with Crippen molar-refractivity contribution in [1.82, 2.24) is 20.4 Å². The average Bonchev–Trinajstić information content (AvgIpc) is 3.17. The average molecular weight is 336 g/mol. The molecule has 24 heavy (non-hydrogen) atoms. The summed E-state index contributed by atoms with van der Waals surface area (Å²) in [7, 11) is 3.15. The maximum atomic E-state index is 12.9. The van der Waals surface area contributed by atoms with E-state index in [0.717, 1.165) is 30.5 Å². The first-order valence-corrected chi connectivity index (χ1v) is 8.27. The second-order valence-electron chi connectivity index (χ2n) is 6.42. The molecule has 0 radical (unpaired) electrons. The molecule has 1 saturated heterocycles. The molecule has 0 unspecified atom stereocenters. The highest BCUT2D eigenvalue weighted by Crippen LogP contribution is 2.27. The number of ether oxygens (including phenoxy) is 2. The molecule has 2 N–H and O–H groups in total. The van der Waals surface area contributed by atoms with Gasteiger partial charge in [0.1, 0.15) is 5.60 Å². The summed E-state index contributed by atoms with van der Waals surface area (Å²) in [6.07, 6.45) is 3.04. The van der Waals surface area contributed by atoms with Gasteiger partial charge in [-0.15, -0.1) is 0 Å². The van der Waals surface area contributed by atoms with Gasteiger partial charge in [0.05, 0.1) is 26.2 Å². The van der Waals surface area contributed by atoms with Gasteiger partial charge in [-0.2, -0.15) is 5.10 Å². The first kappa shape index (κ1) is 16.9. The number of hydrogen-bond acceptors (Lipinski definition) is 5. The van der Waals surface area contributed by atoms with E-state index in [1.54, 1.807) is 19.1 Å². The zero-order valence-electron chi connectivity index (χ0n) is 14.2. The van der Waals surface area contributed by atoms with Crippen molar-refractivity contribution in [3.63, 3.8) is 0 Å². The Bertz CT molecular complexity index is 626. The van der Waals surface area contributed by atoms with Gasteiger partial charge >= 0.3 is 0 Å². The van der Waals surface area contributed by atoms with Crippen LogP contribution in [0.15, 0.2) is 0 Å². The molecule has 2 heterocycles. The number of hydrogen-bond donors (Lipinski definition) is 2. The summed E-state index contributed by atoms with van der Waals surface area (Å²) in [5, 5.41) is 9.80. The molecule has 1 aromatic rings. The number of methoxy groups -OCH3 is 1. The number of nitrogens with zero attached hydrogens (tertiary/aromatic N) is 2. The Labute approximate surface area is 140 Å². The quantitative estimate of drug-likeness (QED) is 0.782. The third-order valence-corrected chi connectivity index (χ3v) is 4.71. The highest BCUT2D eigenvalue weighted by atomic mass is 16.5. The second-order valence-corrected chi connectivity index (χ2v) is 6.42. The van der Waals surface area contributed by atoms with Crippen LogP contribution in [0.2, 0.25) is 0 Å². The van der Waals surface area contributed by atoms with Crippen LogP contribution in [0.4, 0.5) is 0 Å². The zero-order valence-corrected chi connectivity index (χ0v) is 14.2.